The van der Waals surface area contributed by atoms with Crippen LogP contribution in [0.4, 0.5) is 0 Å². The zero-order valence-electron chi connectivity index (χ0n) is 13.0. The Balaban J connectivity index is 2.53. The van der Waals surface area contributed by atoms with Crippen molar-refractivity contribution in [1.29, 1.82) is 0 Å². The summed E-state index contributed by atoms with van der Waals surface area (Å²) in [5.41, 5.74) is 0. The predicted molar refractivity (Wildman–Crippen MR) is 85.4 cm³/mol. The molecule has 0 heterocycles. The van der Waals surface area contributed by atoms with Gasteiger partial charge in [0, 0.05) is 16.5 Å². The minimum absolute atomic E-state index is 0.763. The highest BCUT2D eigenvalue weighted by Gasteiger charge is 2.31. The van der Waals surface area contributed by atoms with Gasteiger partial charge in [-0.2, -0.15) is 11.8 Å². The molecule has 4 unspecified atom stereocenters. The van der Waals surface area contributed by atoms with E-state index in [1.54, 1.807) is 0 Å². The zero-order chi connectivity index (χ0) is 13.5. The summed E-state index contributed by atoms with van der Waals surface area (Å²) in [7, 11) is 0. The molecular formula is C16H33NS. The number of thioether (sulfide) groups is 1. The fourth-order valence-corrected chi connectivity index (χ4v) is 4.40. The third-order valence-electron chi connectivity index (χ3n) is 4.46. The van der Waals surface area contributed by atoms with E-state index in [1.165, 1.54) is 38.6 Å². The summed E-state index contributed by atoms with van der Waals surface area (Å²) < 4.78 is 0. The van der Waals surface area contributed by atoms with Gasteiger partial charge in [0.15, 0.2) is 0 Å². The molecule has 108 valence electrons. The van der Waals surface area contributed by atoms with Crippen LogP contribution in [0.1, 0.15) is 66.7 Å². The largest absolute Gasteiger partial charge is 0.313 e. The molecule has 1 fully saturated rings. The van der Waals surface area contributed by atoms with Gasteiger partial charge in [0.25, 0.3) is 0 Å². The average Bonchev–Trinajstić information content (AvgIpc) is 2.36. The summed E-state index contributed by atoms with van der Waals surface area (Å²) in [6.45, 7) is 12.9. The summed E-state index contributed by atoms with van der Waals surface area (Å²) in [5.74, 6) is 1.77. The first-order chi connectivity index (χ1) is 8.58. The fraction of sp³-hybridized carbons (Fsp3) is 1.00. The molecule has 18 heavy (non-hydrogen) atoms. The van der Waals surface area contributed by atoms with E-state index in [2.05, 4.69) is 51.7 Å². The van der Waals surface area contributed by atoms with Gasteiger partial charge >= 0.3 is 0 Å². The fourth-order valence-electron chi connectivity index (χ4n) is 2.73. The summed E-state index contributed by atoms with van der Waals surface area (Å²) in [6, 6.07) is 0.763. The van der Waals surface area contributed by atoms with Gasteiger partial charge in [0.1, 0.15) is 0 Å². The Labute approximate surface area is 119 Å². The number of rotatable bonds is 7. The lowest BCUT2D eigenvalue weighted by Crippen LogP contribution is -2.43. The maximum atomic E-state index is 3.79. The van der Waals surface area contributed by atoms with Crippen LogP contribution in [0.15, 0.2) is 0 Å². The van der Waals surface area contributed by atoms with E-state index in [-0.39, 0.29) is 0 Å². The van der Waals surface area contributed by atoms with Gasteiger partial charge in [0.05, 0.1) is 0 Å². The molecule has 0 aromatic rings. The molecule has 1 N–H and O–H groups in total. The lowest BCUT2D eigenvalue weighted by molar-refractivity contribution is 0.294. The van der Waals surface area contributed by atoms with Crippen LogP contribution in [0.5, 0.6) is 0 Å². The van der Waals surface area contributed by atoms with E-state index in [1.807, 2.05) is 0 Å². The Bertz CT molecular complexity index is 217. The molecule has 0 spiro atoms. The molecule has 2 heteroatoms. The summed E-state index contributed by atoms with van der Waals surface area (Å²) in [6.07, 6.45) is 6.88. The first-order valence-electron chi connectivity index (χ1n) is 7.97. The highest BCUT2D eigenvalue weighted by atomic mass is 32.2. The molecule has 0 radical (unpaired) electrons. The van der Waals surface area contributed by atoms with Crippen LogP contribution >= 0.6 is 11.8 Å². The van der Waals surface area contributed by atoms with Crippen molar-refractivity contribution in [2.45, 2.75) is 83.3 Å². The van der Waals surface area contributed by atoms with Crippen molar-refractivity contribution in [2.24, 2.45) is 11.8 Å². The topological polar surface area (TPSA) is 12.0 Å². The Hall–Kier alpha value is 0.310. The molecule has 0 amide bonds. The third kappa shape index (κ3) is 5.13. The van der Waals surface area contributed by atoms with Crippen molar-refractivity contribution >= 4 is 11.8 Å². The molecule has 1 saturated carbocycles. The third-order valence-corrected chi connectivity index (χ3v) is 6.31. The van der Waals surface area contributed by atoms with E-state index in [9.17, 15) is 0 Å². The molecule has 1 aliphatic rings. The van der Waals surface area contributed by atoms with Crippen molar-refractivity contribution in [2.75, 3.05) is 6.54 Å². The number of nitrogens with one attached hydrogen (secondary N) is 1. The van der Waals surface area contributed by atoms with Crippen molar-refractivity contribution in [3.05, 3.63) is 0 Å². The van der Waals surface area contributed by atoms with Gasteiger partial charge in [-0.15, -0.1) is 0 Å². The van der Waals surface area contributed by atoms with E-state index >= 15 is 0 Å². The second-order valence-corrected chi connectivity index (χ2v) is 7.89. The molecule has 0 aliphatic heterocycles. The van der Waals surface area contributed by atoms with Gasteiger partial charge < -0.3 is 5.32 Å². The molecule has 1 rings (SSSR count). The second-order valence-electron chi connectivity index (χ2n) is 6.27. The maximum Gasteiger partial charge on any atom is 0.0206 e. The van der Waals surface area contributed by atoms with E-state index in [0.717, 1.165) is 28.4 Å². The summed E-state index contributed by atoms with van der Waals surface area (Å²) in [4.78, 5) is 0. The van der Waals surface area contributed by atoms with Crippen LogP contribution in [-0.4, -0.2) is 23.1 Å². The van der Waals surface area contributed by atoms with Crippen LogP contribution in [-0.2, 0) is 0 Å². The zero-order valence-corrected chi connectivity index (χ0v) is 13.9. The molecule has 0 bridgehead atoms. The number of hydrogen-bond acceptors (Lipinski definition) is 2. The first kappa shape index (κ1) is 16.4. The monoisotopic (exact) mass is 271 g/mol. The maximum absolute atomic E-state index is 3.79. The minimum Gasteiger partial charge on any atom is -0.313 e. The van der Waals surface area contributed by atoms with Crippen LogP contribution in [0, 0.1) is 11.8 Å². The van der Waals surface area contributed by atoms with Gasteiger partial charge in [-0.05, 0) is 44.1 Å². The van der Waals surface area contributed by atoms with Crippen molar-refractivity contribution < 1.29 is 0 Å². The molecule has 4 atom stereocenters. The van der Waals surface area contributed by atoms with Gasteiger partial charge in [-0.1, -0.05) is 41.0 Å². The molecule has 1 nitrogen and oxygen atoms in total. The molecule has 0 saturated heterocycles. The highest BCUT2D eigenvalue weighted by Crippen LogP contribution is 2.37. The minimum atomic E-state index is 0.763. The van der Waals surface area contributed by atoms with Gasteiger partial charge in [-0.3, -0.25) is 0 Å². The molecule has 0 aromatic carbocycles. The van der Waals surface area contributed by atoms with Crippen LogP contribution in [0.25, 0.3) is 0 Å². The van der Waals surface area contributed by atoms with E-state index in [0.29, 0.717) is 0 Å². The smallest absolute Gasteiger partial charge is 0.0206 e. The molecular weight excluding hydrogens is 238 g/mol. The predicted octanol–water partition coefficient (Wildman–Crippen LogP) is 4.71. The second kappa shape index (κ2) is 8.47. The Morgan fingerprint density at radius 2 is 1.89 bits per heavy atom. The standard InChI is InChI=1S/C16H33NS/c1-6-10-17-15-9-8-14(7-2)11-16(15)18-13(5)12(3)4/h12-17H,6-11H2,1-5H3. The summed E-state index contributed by atoms with van der Waals surface area (Å²) >= 11 is 2.24. The van der Waals surface area contributed by atoms with E-state index < -0.39 is 0 Å². The highest BCUT2D eigenvalue weighted by molar-refractivity contribution is 8.00. The van der Waals surface area contributed by atoms with Crippen LogP contribution in [0.2, 0.25) is 0 Å². The molecule has 0 aromatic heterocycles. The van der Waals surface area contributed by atoms with Gasteiger partial charge in [0.2, 0.25) is 0 Å². The summed E-state index contributed by atoms with van der Waals surface area (Å²) in [5, 5.41) is 5.42. The van der Waals surface area contributed by atoms with Crippen LogP contribution < -0.4 is 5.32 Å². The lowest BCUT2D eigenvalue weighted by atomic mass is 9.84. The van der Waals surface area contributed by atoms with Crippen LogP contribution in [0.3, 0.4) is 0 Å². The average molecular weight is 272 g/mol. The molecule has 1 aliphatic carbocycles. The van der Waals surface area contributed by atoms with Crippen molar-refractivity contribution in [1.82, 2.24) is 5.32 Å². The van der Waals surface area contributed by atoms with Gasteiger partial charge in [-0.25, -0.2) is 0 Å². The lowest BCUT2D eigenvalue weighted by Gasteiger charge is -2.38. The Morgan fingerprint density at radius 3 is 2.44 bits per heavy atom. The Kier molecular flexibility index (Phi) is 7.70. The van der Waals surface area contributed by atoms with Crippen molar-refractivity contribution in [3.8, 4) is 0 Å². The normalized spacial score (nSPS) is 30.7. The first-order valence-corrected chi connectivity index (χ1v) is 8.91. The SMILES string of the molecule is CCCNC1CCC(CC)CC1SC(C)C(C)C. The van der Waals surface area contributed by atoms with E-state index in [4.69, 9.17) is 0 Å². The quantitative estimate of drug-likeness (QED) is 0.719. The van der Waals surface area contributed by atoms with Crippen molar-refractivity contribution in [3.63, 3.8) is 0 Å². The number of hydrogen-bond donors (Lipinski definition) is 1. The Morgan fingerprint density at radius 1 is 1.17 bits per heavy atom.